The molecule has 0 aliphatic carbocycles. The van der Waals surface area contributed by atoms with Gasteiger partial charge in [-0.25, -0.2) is 8.57 Å². The largest absolute Gasteiger partial charge is 0.287 e. The van der Waals surface area contributed by atoms with Crippen LogP contribution >= 0.6 is 11.2 Å². The Bertz CT molecular complexity index is 96.0. The number of halogens is 1. The van der Waals surface area contributed by atoms with Crippen LogP contribution < -0.4 is 0 Å². The van der Waals surface area contributed by atoms with Gasteiger partial charge < -0.3 is 0 Å². The molecule has 1 heterocycles. The normalized spacial score (nSPS) is 39.6. The van der Waals surface area contributed by atoms with E-state index in [4.69, 9.17) is 9.11 Å². The van der Waals surface area contributed by atoms with Crippen molar-refractivity contribution in [2.75, 3.05) is 6.61 Å². The zero-order valence-corrected chi connectivity index (χ0v) is 4.60. The zero-order chi connectivity index (χ0) is 6.20. The van der Waals surface area contributed by atoms with E-state index in [0.29, 0.717) is 0 Å². The number of hydrogen-bond donors (Lipinski definition) is 2. The van der Waals surface area contributed by atoms with Crippen molar-refractivity contribution in [1.82, 2.24) is 0 Å². The van der Waals surface area contributed by atoms with E-state index in [0.717, 1.165) is 0 Å². The van der Waals surface area contributed by atoms with Gasteiger partial charge in [0.2, 0.25) is 17.5 Å². The van der Waals surface area contributed by atoms with Gasteiger partial charge in [0.25, 0.3) is 0 Å². The summed E-state index contributed by atoms with van der Waals surface area (Å²) >= 11 is -3.47. The van der Waals surface area contributed by atoms with E-state index in [1.54, 1.807) is 0 Å². The SMILES string of the molecule is OS1(O)OCC(F)O1. The fraction of sp³-hybridized carbons (Fsp3) is 1.00. The molecule has 0 aromatic heterocycles. The average Bonchev–Trinajstić information content (AvgIpc) is 1.82. The highest BCUT2D eigenvalue weighted by Crippen LogP contribution is 2.47. The van der Waals surface area contributed by atoms with Crippen molar-refractivity contribution in [3.8, 4) is 0 Å². The van der Waals surface area contributed by atoms with Gasteiger partial charge in [0, 0.05) is 0 Å². The molecule has 6 heteroatoms. The summed E-state index contributed by atoms with van der Waals surface area (Å²) in [5, 5.41) is 0. The monoisotopic (exact) mass is 144 g/mol. The molecule has 0 bridgehead atoms. The molecule has 50 valence electrons. The summed E-state index contributed by atoms with van der Waals surface area (Å²) in [6.45, 7) is -0.400. The molecule has 1 rings (SSSR count). The van der Waals surface area contributed by atoms with Gasteiger partial charge in [-0.1, -0.05) is 0 Å². The maximum Gasteiger partial charge on any atom is 0.240 e. The molecule has 2 N–H and O–H groups in total. The highest BCUT2D eigenvalue weighted by molar-refractivity contribution is 8.16. The van der Waals surface area contributed by atoms with Gasteiger partial charge in [-0.2, -0.15) is 0 Å². The molecule has 1 saturated heterocycles. The summed E-state index contributed by atoms with van der Waals surface area (Å²) in [4.78, 5) is 0. The summed E-state index contributed by atoms with van der Waals surface area (Å²) < 4.78 is 36.3. The number of rotatable bonds is 0. The Morgan fingerprint density at radius 1 is 1.62 bits per heavy atom. The van der Waals surface area contributed by atoms with Crippen molar-refractivity contribution >= 4 is 11.2 Å². The molecular weight excluding hydrogens is 139 g/mol. The van der Waals surface area contributed by atoms with Crippen LogP contribution in [0.25, 0.3) is 0 Å². The predicted molar refractivity (Wildman–Crippen MR) is 24.8 cm³/mol. The lowest BCUT2D eigenvalue weighted by molar-refractivity contribution is 0.0853. The zero-order valence-electron chi connectivity index (χ0n) is 3.78. The van der Waals surface area contributed by atoms with Crippen molar-refractivity contribution in [2.45, 2.75) is 6.36 Å². The number of alkyl halides is 1. The summed E-state index contributed by atoms with van der Waals surface area (Å²) in [6, 6.07) is 0. The Balaban J connectivity index is 2.44. The van der Waals surface area contributed by atoms with Crippen molar-refractivity contribution < 1.29 is 21.9 Å². The molecule has 0 spiro atoms. The molecule has 0 amide bonds. The van der Waals surface area contributed by atoms with Gasteiger partial charge in [-0.05, 0) is 0 Å². The summed E-state index contributed by atoms with van der Waals surface area (Å²) in [5.41, 5.74) is 0. The third-order valence-electron chi connectivity index (χ3n) is 0.582. The minimum absolute atomic E-state index is 0.400. The molecule has 4 nitrogen and oxygen atoms in total. The first-order valence-corrected chi connectivity index (χ1v) is 3.25. The molecule has 1 fully saturated rings. The molecule has 1 aliphatic rings. The van der Waals surface area contributed by atoms with E-state index in [-0.39, 0.29) is 0 Å². The van der Waals surface area contributed by atoms with Gasteiger partial charge >= 0.3 is 0 Å². The second kappa shape index (κ2) is 1.82. The van der Waals surface area contributed by atoms with Crippen molar-refractivity contribution in [2.24, 2.45) is 0 Å². The van der Waals surface area contributed by atoms with Crippen LogP contribution in [-0.2, 0) is 8.37 Å². The third kappa shape index (κ3) is 1.30. The maximum atomic E-state index is 11.8. The van der Waals surface area contributed by atoms with Gasteiger partial charge in [-0.3, -0.25) is 13.3 Å². The molecule has 1 atom stereocenters. The van der Waals surface area contributed by atoms with E-state index >= 15 is 0 Å². The lowest BCUT2D eigenvalue weighted by Gasteiger charge is -2.14. The van der Waals surface area contributed by atoms with E-state index in [1.807, 2.05) is 0 Å². The minimum atomic E-state index is -3.47. The molecule has 0 radical (unpaired) electrons. The fourth-order valence-corrected chi connectivity index (χ4v) is 1.00. The van der Waals surface area contributed by atoms with E-state index in [2.05, 4.69) is 8.37 Å². The average molecular weight is 144 g/mol. The van der Waals surface area contributed by atoms with Gasteiger partial charge in [-0.15, -0.1) is 0 Å². The predicted octanol–water partition coefficient (Wildman–Crippen LogP) is 0.909. The standard InChI is InChI=1S/C2H5FO4S/c3-2-1-6-8(4,5)7-2/h2,4-5H,1H2. The Kier molecular flexibility index (Phi) is 1.42. The maximum absolute atomic E-state index is 11.8. The second-order valence-electron chi connectivity index (χ2n) is 1.24. The second-order valence-corrected chi connectivity index (χ2v) is 2.56. The first-order chi connectivity index (χ1) is 3.60. The Morgan fingerprint density at radius 3 is 2.38 bits per heavy atom. The Labute approximate surface area is 47.0 Å². The van der Waals surface area contributed by atoms with Crippen molar-refractivity contribution in [3.05, 3.63) is 0 Å². The van der Waals surface area contributed by atoms with Crippen LogP contribution in [0.1, 0.15) is 0 Å². The van der Waals surface area contributed by atoms with Crippen LogP contribution in [0.4, 0.5) is 4.39 Å². The molecule has 0 aromatic rings. The minimum Gasteiger partial charge on any atom is -0.287 e. The van der Waals surface area contributed by atoms with Crippen LogP contribution in [0.2, 0.25) is 0 Å². The van der Waals surface area contributed by atoms with Crippen LogP contribution in [-0.4, -0.2) is 22.1 Å². The van der Waals surface area contributed by atoms with E-state index in [9.17, 15) is 4.39 Å². The Hall–Kier alpha value is 0.120. The topological polar surface area (TPSA) is 58.9 Å². The number of hydrogen-bond acceptors (Lipinski definition) is 4. The summed E-state index contributed by atoms with van der Waals surface area (Å²) in [7, 11) is 0. The van der Waals surface area contributed by atoms with E-state index in [1.165, 1.54) is 0 Å². The van der Waals surface area contributed by atoms with Crippen molar-refractivity contribution in [1.29, 1.82) is 0 Å². The van der Waals surface area contributed by atoms with Gasteiger partial charge in [0.15, 0.2) is 0 Å². The first-order valence-electron chi connectivity index (χ1n) is 1.85. The van der Waals surface area contributed by atoms with Gasteiger partial charge in [0.1, 0.15) is 6.61 Å². The van der Waals surface area contributed by atoms with Crippen LogP contribution in [0.5, 0.6) is 0 Å². The van der Waals surface area contributed by atoms with Crippen LogP contribution in [0.15, 0.2) is 0 Å². The molecular formula is C2H5FO4S. The third-order valence-corrected chi connectivity index (χ3v) is 1.49. The molecule has 8 heavy (non-hydrogen) atoms. The molecule has 0 aromatic carbocycles. The molecule has 1 aliphatic heterocycles. The highest BCUT2D eigenvalue weighted by atomic mass is 32.3. The highest BCUT2D eigenvalue weighted by Gasteiger charge is 2.33. The smallest absolute Gasteiger partial charge is 0.240 e. The van der Waals surface area contributed by atoms with Crippen LogP contribution in [0.3, 0.4) is 0 Å². The fourth-order valence-electron chi connectivity index (χ4n) is 0.334. The lowest BCUT2D eigenvalue weighted by Crippen LogP contribution is -1.99. The Morgan fingerprint density at radius 2 is 2.25 bits per heavy atom. The molecule has 0 saturated carbocycles. The molecule has 1 unspecified atom stereocenters. The van der Waals surface area contributed by atoms with Crippen molar-refractivity contribution in [3.63, 3.8) is 0 Å². The van der Waals surface area contributed by atoms with E-state index < -0.39 is 24.1 Å². The summed E-state index contributed by atoms with van der Waals surface area (Å²) in [5.74, 6) is 0. The van der Waals surface area contributed by atoms with Crippen LogP contribution in [0, 0.1) is 0 Å². The van der Waals surface area contributed by atoms with Gasteiger partial charge in [0.05, 0.1) is 0 Å². The first kappa shape index (κ1) is 6.24. The summed E-state index contributed by atoms with van der Waals surface area (Å²) in [6.07, 6.45) is -1.69. The lowest BCUT2D eigenvalue weighted by atomic mass is 10.8. The quantitative estimate of drug-likeness (QED) is 0.530.